The van der Waals surface area contributed by atoms with E-state index in [0.717, 1.165) is 6.20 Å². The molecule has 1 aromatic heterocycles. The molecular weight excluding hydrogens is 304 g/mol. The zero-order valence-electron chi connectivity index (χ0n) is 11.0. The molecule has 0 spiro atoms. The summed E-state index contributed by atoms with van der Waals surface area (Å²) >= 11 is 0. The largest absolute Gasteiger partial charge is 0.479 e. The predicted octanol–water partition coefficient (Wildman–Crippen LogP) is -3.73. The number of aromatic amines is 1. The smallest absolute Gasteiger partial charge is 0.337 e. The molecule has 2 rings (SSSR count). The van der Waals surface area contributed by atoms with Gasteiger partial charge in [-0.05, 0) is 0 Å². The number of aliphatic hydroxyl groups is 4. The van der Waals surface area contributed by atoms with Crippen LogP contribution in [0.2, 0.25) is 0 Å². The lowest BCUT2D eigenvalue weighted by Crippen LogP contribution is -2.39. The van der Waals surface area contributed by atoms with Crippen molar-refractivity contribution in [1.29, 1.82) is 0 Å². The Morgan fingerprint density at radius 1 is 1.36 bits per heavy atom. The van der Waals surface area contributed by atoms with Gasteiger partial charge in [-0.15, -0.1) is 0 Å². The Bertz CT molecular complexity index is 681. The van der Waals surface area contributed by atoms with Gasteiger partial charge in [-0.1, -0.05) is 0 Å². The number of hydrogen-bond acceptors (Lipinski definition) is 8. The van der Waals surface area contributed by atoms with E-state index >= 15 is 0 Å². The van der Waals surface area contributed by atoms with Crippen molar-refractivity contribution < 1.29 is 35.1 Å². The quantitative estimate of drug-likeness (QED) is 0.325. The van der Waals surface area contributed by atoms with E-state index in [0.29, 0.717) is 4.57 Å². The molecule has 0 radical (unpaired) electrons. The zero-order chi connectivity index (χ0) is 16.6. The summed E-state index contributed by atoms with van der Waals surface area (Å²) in [6.07, 6.45) is -7.17. The van der Waals surface area contributed by atoms with Crippen molar-refractivity contribution in [3.05, 3.63) is 32.6 Å². The molecule has 1 saturated heterocycles. The lowest BCUT2D eigenvalue weighted by Gasteiger charge is -2.18. The second kappa shape index (κ2) is 5.98. The number of H-pyrrole nitrogens is 1. The van der Waals surface area contributed by atoms with Gasteiger partial charge in [0.1, 0.15) is 18.3 Å². The normalized spacial score (nSPS) is 29.5. The number of ether oxygens (including phenoxy) is 1. The highest BCUT2D eigenvalue weighted by Crippen LogP contribution is 2.28. The molecule has 2 unspecified atom stereocenters. The molecule has 0 aliphatic carbocycles. The fourth-order valence-electron chi connectivity index (χ4n) is 2.13. The minimum atomic E-state index is -2.19. The number of aliphatic carboxylic acids is 1. The molecule has 1 aliphatic rings. The molecule has 2 heterocycles. The predicted molar refractivity (Wildman–Crippen MR) is 66.9 cm³/mol. The van der Waals surface area contributed by atoms with E-state index in [-0.39, 0.29) is 0 Å². The van der Waals surface area contributed by atoms with Crippen molar-refractivity contribution in [3.63, 3.8) is 0 Å². The first-order chi connectivity index (χ1) is 10.3. The number of aromatic nitrogens is 2. The molecule has 5 atom stereocenters. The highest BCUT2D eigenvalue weighted by molar-refractivity contribution is 5.73. The van der Waals surface area contributed by atoms with Gasteiger partial charge in [0.05, 0.1) is 12.2 Å². The maximum absolute atomic E-state index is 11.8. The molecule has 6 N–H and O–H groups in total. The third-order valence-corrected chi connectivity index (χ3v) is 3.32. The molecule has 0 bridgehead atoms. The van der Waals surface area contributed by atoms with Gasteiger partial charge in [-0.25, -0.2) is 9.59 Å². The van der Waals surface area contributed by atoms with Crippen LogP contribution in [-0.4, -0.2) is 66.0 Å². The summed E-state index contributed by atoms with van der Waals surface area (Å²) in [6, 6.07) is 0. The summed E-state index contributed by atoms with van der Waals surface area (Å²) in [7, 11) is 0. The number of nitrogens with zero attached hydrogens (tertiary/aromatic N) is 1. The lowest BCUT2D eigenvalue weighted by molar-refractivity contribution is -0.147. The maximum Gasteiger partial charge on any atom is 0.337 e. The van der Waals surface area contributed by atoms with E-state index < -0.39 is 60.0 Å². The van der Waals surface area contributed by atoms with E-state index in [4.69, 9.17) is 14.9 Å². The first-order valence-corrected chi connectivity index (χ1v) is 6.16. The van der Waals surface area contributed by atoms with Gasteiger partial charge in [0.15, 0.2) is 12.3 Å². The van der Waals surface area contributed by atoms with Crippen LogP contribution in [0.4, 0.5) is 0 Å². The Balaban J connectivity index is 2.48. The molecule has 0 amide bonds. The minimum absolute atomic E-state index is 0.628. The van der Waals surface area contributed by atoms with Crippen molar-refractivity contribution in [2.45, 2.75) is 30.6 Å². The van der Waals surface area contributed by atoms with Gasteiger partial charge in [0, 0.05) is 6.20 Å². The summed E-state index contributed by atoms with van der Waals surface area (Å²) in [6.45, 7) is -0.628. The van der Waals surface area contributed by atoms with Gasteiger partial charge in [0.25, 0.3) is 5.56 Å². The molecule has 22 heavy (non-hydrogen) atoms. The van der Waals surface area contributed by atoms with Crippen LogP contribution in [0.25, 0.3) is 0 Å². The molecule has 1 aliphatic heterocycles. The van der Waals surface area contributed by atoms with Crippen molar-refractivity contribution in [2.75, 3.05) is 6.61 Å². The van der Waals surface area contributed by atoms with E-state index in [1.54, 1.807) is 4.98 Å². The molecule has 0 saturated carbocycles. The Morgan fingerprint density at radius 2 is 2.00 bits per heavy atom. The lowest BCUT2D eigenvalue weighted by atomic mass is 10.1. The third-order valence-electron chi connectivity index (χ3n) is 3.32. The van der Waals surface area contributed by atoms with Crippen molar-refractivity contribution >= 4 is 5.97 Å². The first-order valence-electron chi connectivity index (χ1n) is 6.16. The Hall–Kier alpha value is -2.05. The molecular formula is C11H14N2O9. The monoisotopic (exact) mass is 318 g/mol. The number of hydrogen-bond donors (Lipinski definition) is 6. The summed E-state index contributed by atoms with van der Waals surface area (Å²) in [5.74, 6) is -1.71. The standard InChI is InChI=1S/C11H14N2O9/c14-2-4-6(16)7(17)9(22-4)13-1-3(5(15)10(19)20)8(18)12-11(13)21/h1,4-7,9,14-17H,2H2,(H,19,20)(H,12,18,21)/t4-,5?,6?,7+,9-/m1/s1. The van der Waals surface area contributed by atoms with Gasteiger partial charge >= 0.3 is 11.7 Å². The number of rotatable bonds is 4. The van der Waals surface area contributed by atoms with Crippen LogP contribution in [-0.2, 0) is 9.53 Å². The summed E-state index contributed by atoms with van der Waals surface area (Å²) < 4.78 is 5.73. The molecule has 11 nitrogen and oxygen atoms in total. The minimum Gasteiger partial charge on any atom is -0.479 e. The number of carboxylic acid groups (broad SMARTS) is 1. The van der Waals surface area contributed by atoms with Crippen LogP contribution >= 0.6 is 0 Å². The first kappa shape index (κ1) is 16.3. The zero-order valence-corrected chi connectivity index (χ0v) is 11.0. The van der Waals surface area contributed by atoms with E-state index in [2.05, 4.69) is 0 Å². The fourth-order valence-corrected chi connectivity index (χ4v) is 2.13. The molecule has 0 aromatic carbocycles. The summed E-state index contributed by atoms with van der Waals surface area (Å²) in [4.78, 5) is 35.8. The number of aliphatic hydroxyl groups excluding tert-OH is 4. The van der Waals surface area contributed by atoms with Crippen LogP contribution in [0, 0.1) is 0 Å². The Kier molecular flexibility index (Phi) is 4.44. The topological polar surface area (TPSA) is 182 Å². The van der Waals surface area contributed by atoms with E-state index in [1.165, 1.54) is 0 Å². The number of nitrogens with one attached hydrogen (secondary N) is 1. The average Bonchev–Trinajstić information content (AvgIpc) is 2.74. The van der Waals surface area contributed by atoms with Crippen LogP contribution < -0.4 is 11.2 Å². The Labute approximate surface area is 121 Å². The van der Waals surface area contributed by atoms with Gasteiger partial charge < -0.3 is 30.3 Å². The van der Waals surface area contributed by atoms with E-state index in [1.807, 2.05) is 0 Å². The summed E-state index contributed by atoms with van der Waals surface area (Å²) in [5.41, 5.74) is -2.80. The Morgan fingerprint density at radius 3 is 2.50 bits per heavy atom. The average molecular weight is 318 g/mol. The van der Waals surface area contributed by atoms with Crippen LogP contribution in [0.3, 0.4) is 0 Å². The van der Waals surface area contributed by atoms with Gasteiger partial charge in [0.2, 0.25) is 0 Å². The van der Waals surface area contributed by atoms with Crippen molar-refractivity contribution in [1.82, 2.24) is 9.55 Å². The highest BCUT2D eigenvalue weighted by atomic mass is 16.6. The SMILES string of the molecule is O=C(O)C(O)c1cn([C@@H]2O[C@H](CO)C(O)[C@@H]2O)c(=O)[nH]c1=O. The van der Waals surface area contributed by atoms with Gasteiger partial charge in [-0.2, -0.15) is 0 Å². The number of carbonyl (C=O) groups is 1. The van der Waals surface area contributed by atoms with E-state index in [9.17, 15) is 29.7 Å². The molecule has 122 valence electrons. The fraction of sp³-hybridized carbons (Fsp3) is 0.545. The highest BCUT2D eigenvalue weighted by Gasteiger charge is 2.44. The maximum atomic E-state index is 11.8. The number of carboxylic acids is 1. The second-order valence-electron chi connectivity index (χ2n) is 4.72. The third kappa shape index (κ3) is 2.67. The molecule has 1 aromatic rings. The van der Waals surface area contributed by atoms with Crippen LogP contribution in [0.5, 0.6) is 0 Å². The van der Waals surface area contributed by atoms with Crippen LogP contribution in [0.15, 0.2) is 15.8 Å². The van der Waals surface area contributed by atoms with Gasteiger partial charge in [-0.3, -0.25) is 14.3 Å². The molecule has 1 fully saturated rings. The summed E-state index contributed by atoms with van der Waals surface area (Å²) in [5, 5.41) is 46.6. The van der Waals surface area contributed by atoms with Crippen LogP contribution in [0.1, 0.15) is 17.9 Å². The van der Waals surface area contributed by atoms with Crippen molar-refractivity contribution in [2.24, 2.45) is 0 Å². The second-order valence-corrected chi connectivity index (χ2v) is 4.72. The molecule has 11 heteroatoms. The van der Waals surface area contributed by atoms with Crippen molar-refractivity contribution in [3.8, 4) is 0 Å².